The highest BCUT2D eigenvalue weighted by Gasteiger charge is 2.39. The average Bonchev–Trinajstić information content (AvgIpc) is 3.26. The van der Waals surface area contributed by atoms with Crippen molar-refractivity contribution in [3.8, 4) is 0 Å². The quantitative estimate of drug-likeness (QED) is 0.349. The van der Waals surface area contributed by atoms with Crippen LogP contribution < -0.4 is 10.0 Å². The Labute approximate surface area is 208 Å². The maximum absolute atomic E-state index is 13.2. The third kappa shape index (κ3) is 4.12. The lowest BCUT2D eigenvalue weighted by Gasteiger charge is -2.38. The highest BCUT2D eigenvalue weighted by atomic mass is 35.5. The Morgan fingerprint density at radius 3 is 2.58 bits per heavy atom. The Hall–Kier alpha value is -2.18. The Bertz CT molecular complexity index is 1390. The largest absolute Gasteiger partial charge is 0.378 e. The van der Waals surface area contributed by atoms with Gasteiger partial charge in [-0.15, -0.1) is 0 Å². The smallest absolute Gasteiger partial charge is 0.261 e. The van der Waals surface area contributed by atoms with Crippen molar-refractivity contribution in [3.63, 3.8) is 0 Å². The third-order valence-corrected chi connectivity index (χ3v) is 8.79. The van der Waals surface area contributed by atoms with E-state index in [4.69, 9.17) is 34.8 Å². The summed E-state index contributed by atoms with van der Waals surface area (Å²) in [6.07, 6.45) is 5.18. The predicted molar refractivity (Wildman–Crippen MR) is 136 cm³/mol. The van der Waals surface area contributed by atoms with Crippen LogP contribution in [0.2, 0.25) is 15.1 Å². The fourth-order valence-corrected chi connectivity index (χ4v) is 6.58. The molecule has 170 valence electrons. The minimum atomic E-state index is -3.79. The number of anilines is 2. The number of fused-ring (bicyclic) bond motifs is 3. The van der Waals surface area contributed by atoms with E-state index in [1.165, 1.54) is 0 Å². The van der Waals surface area contributed by atoms with Gasteiger partial charge in [-0.3, -0.25) is 4.72 Å². The summed E-state index contributed by atoms with van der Waals surface area (Å²) in [4.78, 5) is 0.212. The van der Waals surface area contributed by atoms with Gasteiger partial charge in [0, 0.05) is 26.7 Å². The minimum absolute atomic E-state index is 0.00282. The second kappa shape index (κ2) is 8.55. The Balaban J connectivity index is 1.51. The average molecular weight is 520 g/mol. The van der Waals surface area contributed by atoms with Crippen LogP contribution in [0.15, 0.2) is 71.6 Å². The number of rotatable bonds is 4. The van der Waals surface area contributed by atoms with E-state index in [2.05, 4.69) is 22.2 Å². The summed E-state index contributed by atoms with van der Waals surface area (Å²) in [6.45, 7) is 1.78. The van der Waals surface area contributed by atoms with E-state index in [0.717, 1.165) is 23.2 Å². The molecule has 3 unspecified atom stereocenters. The Kier molecular flexibility index (Phi) is 5.86. The molecule has 3 aromatic carbocycles. The molecular formula is C25H21Cl3N2O2S. The molecule has 33 heavy (non-hydrogen) atoms. The van der Waals surface area contributed by atoms with E-state index >= 15 is 0 Å². The van der Waals surface area contributed by atoms with Crippen molar-refractivity contribution in [2.75, 3.05) is 10.0 Å². The van der Waals surface area contributed by atoms with Gasteiger partial charge in [0.15, 0.2) is 0 Å². The highest BCUT2D eigenvalue weighted by Crippen LogP contribution is 2.51. The molecule has 2 aliphatic rings. The van der Waals surface area contributed by atoms with Crippen LogP contribution in [0.1, 0.15) is 35.1 Å². The Morgan fingerprint density at radius 1 is 0.970 bits per heavy atom. The van der Waals surface area contributed by atoms with Gasteiger partial charge in [-0.1, -0.05) is 59.1 Å². The first kappa shape index (κ1) is 22.6. The SMILES string of the molecule is Cc1c(Cl)cccc1NS(=O)(=O)c1ccc2c(c1)C1C=CCC1C(c1ccc(Cl)cc1Cl)N2. The van der Waals surface area contributed by atoms with Crippen LogP contribution in [-0.4, -0.2) is 8.42 Å². The second-order valence-electron chi connectivity index (χ2n) is 8.41. The number of allylic oxidation sites excluding steroid dienone is 2. The van der Waals surface area contributed by atoms with E-state index < -0.39 is 10.0 Å². The first-order chi connectivity index (χ1) is 15.7. The molecule has 5 rings (SSSR count). The lowest BCUT2D eigenvalue weighted by Crippen LogP contribution is -2.29. The van der Waals surface area contributed by atoms with Gasteiger partial charge in [-0.2, -0.15) is 0 Å². The van der Waals surface area contributed by atoms with Gasteiger partial charge in [0.2, 0.25) is 0 Å². The topological polar surface area (TPSA) is 58.2 Å². The fourth-order valence-electron chi connectivity index (χ4n) is 4.72. The van der Waals surface area contributed by atoms with E-state index in [9.17, 15) is 8.42 Å². The minimum Gasteiger partial charge on any atom is -0.378 e. The molecule has 0 saturated carbocycles. The monoisotopic (exact) mass is 518 g/mol. The Morgan fingerprint density at radius 2 is 1.79 bits per heavy atom. The van der Waals surface area contributed by atoms with E-state index in [-0.39, 0.29) is 22.8 Å². The van der Waals surface area contributed by atoms with E-state index in [1.54, 1.807) is 43.3 Å². The maximum Gasteiger partial charge on any atom is 0.261 e. The summed E-state index contributed by atoms with van der Waals surface area (Å²) in [5.41, 5.74) is 4.00. The lowest BCUT2D eigenvalue weighted by atomic mass is 9.77. The van der Waals surface area contributed by atoms with Crippen LogP contribution in [0.4, 0.5) is 11.4 Å². The summed E-state index contributed by atoms with van der Waals surface area (Å²) in [7, 11) is -3.79. The zero-order valence-corrected chi connectivity index (χ0v) is 20.7. The number of sulfonamides is 1. The molecule has 0 saturated heterocycles. The van der Waals surface area contributed by atoms with Crippen LogP contribution >= 0.6 is 34.8 Å². The van der Waals surface area contributed by atoms with E-state index in [0.29, 0.717) is 26.3 Å². The first-order valence-electron chi connectivity index (χ1n) is 10.5. The van der Waals surface area contributed by atoms with Crippen molar-refractivity contribution in [2.45, 2.75) is 30.2 Å². The van der Waals surface area contributed by atoms with Crippen LogP contribution in [-0.2, 0) is 10.0 Å². The summed E-state index contributed by atoms with van der Waals surface area (Å²) < 4.78 is 29.0. The molecule has 0 radical (unpaired) electrons. The second-order valence-corrected chi connectivity index (χ2v) is 11.3. The number of nitrogens with one attached hydrogen (secondary N) is 2. The molecule has 0 amide bonds. The zero-order chi connectivity index (χ0) is 23.3. The molecule has 1 aliphatic carbocycles. The van der Waals surface area contributed by atoms with Crippen molar-refractivity contribution in [1.82, 2.24) is 0 Å². The van der Waals surface area contributed by atoms with Gasteiger partial charge in [0.25, 0.3) is 10.0 Å². The molecule has 8 heteroatoms. The van der Waals surface area contributed by atoms with Crippen molar-refractivity contribution in [3.05, 3.63) is 98.5 Å². The molecule has 1 aliphatic heterocycles. The molecule has 4 nitrogen and oxygen atoms in total. The summed E-state index contributed by atoms with van der Waals surface area (Å²) in [5, 5.41) is 5.32. The van der Waals surface area contributed by atoms with Gasteiger partial charge in [0.05, 0.1) is 16.6 Å². The van der Waals surface area contributed by atoms with Crippen LogP contribution in [0.5, 0.6) is 0 Å². The normalized spacial score (nSPS) is 21.3. The van der Waals surface area contributed by atoms with Crippen molar-refractivity contribution in [2.24, 2.45) is 5.92 Å². The lowest BCUT2D eigenvalue weighted by molar-refractivity contribution is 0.425. The van der Waals surface area contributed by atoms with Crippen LogP contribution in [0.3, 0.4) is 0 Å². The zero-order valence-electron chi connectivity index (χ0n) is 17.6. The summed E-state index contributed by atoms with van der Waals surface area (Å²) >= 11 is 18.8. The summed E-state index contributed by atoms with van der Waals surface area (Å²) in [5.74, 6) is 0.304. The number of halogens is 3. The third-order valence-electron chi connectivity index (χ3n) is 6.45. The molecule has 3 aromatic rings. The van der Waals surface area contributed by atoms with Gasteiger partial charge in [0.1, 0.15) is 0 Å². The standard InChI is InChI=1S/C25H21Cl3N2O2S/c1-14-21(27)6-3-7-23(14)30-33(31,32)16-9-11-24-20(13-16)17-4-2-5-18(17)25(29-24)19-10-8-15(26)12-22(19)28/h2-4,6-13,17-18,25,29-30H,5H2,1H3. The molecule has 3 atom stereocenters. The van der Waals surface area contributed by atoms with Gasteiger partial charge < -0.3 is 5.32 Å². The first-order valence-corrected chi connectivity index (χ1v) is 13.2. The molecule has 0 aromatic heterocycles. The van der Waals surface area contributed by atoms with E-state index in [1.807, 2.05) is 18.2 Å². The molecule has 0 spiro atoms. The number of hydrogen-bond acceptors (Lipinski definition) is 3. The van der Waals surface area contributed by atoms with Crippen LogP contribution in [0, 0.1) is 12.8 Å². The molecule has 0 fully saturated rings. The van der Waals surface area contributed by atoms with Crippen molar-refractivity contribution >= 4 is 56.2 Å². The predicted octanol–water partition coefficient (Wildman–Crippen LogP) is 7.58. The number of hydrogen-bond donors (Lipinski definition) is 2. The number of benzene rings is 3. The molecule has 0 bridgehead atoms. The highest BCUT2D eigenvalue weighted by molar-refractivity contribution is 7.92. The molecular weight excluding hydrogens is 499 g/mol. The van der Waals surface area contributed by atoms with Gasteiger partial charge in [-0.05, 0) is 78.4 Å². The van der Waals surface area contributed by atoms with Crippen molar-refractivity contribution in [1.29, 1.82) is 0 Å². The summed E-state index contributed by atoms with van der Waals surface area (Å²) in [6, 6.07) is 15.9. The molecule has 2 N–H and O–H groups in total. The van der Waals surface area contributed by atoms with Crippen molar-refractivity contribution < 1.29 is 8.42 Å². The fraction of sp³-hybridized carbons (Fsp3) is 0.200. The van der Waals surface area contributed by atoms with Gasteiger partial charge in [-0.25, -0.2) is 8.42 Å². The molecule has 1 heterocycles. The van der Waals surface area contributed by atoms with Gasteiger partial charge >= 0.3 is 0 Å². The van der Waals surface area contributed by atoms with Crippen LogP contribution in [0.25, 0.3) is 0 Å². The maximum atomic E-state index is 13.2.